The molecule has 0 saturated carbocycles. The second kappa shape index (κ2) is 5.61. The van der Waals surface area contributed by atoms with Crippen LogP contribution in [-0.2, 0) is 10.0 Å². The number of aldehydes is 1. The van der Waals surface area contributed by atoms with E-state index in [1.807, 2.05) is 0 Å². The van der Waals surface area contributed by atoms with Crippen LogP contribution >= 0.6 is 9.90 Å². The number of nitrogens with two attached hydrogens (primary N) is 1. The third-order valence-corrected chi connectivity index (χ3v) is 3.32. The Morgan fingerprint density at radius 1 is 1.26 bits per heavy atom. The Morgan fingerprint density at radius 3 is 2.32 bits per heavy atom. The SMILES string of the molecule is Cc1cc(C=O)n(-c2ccc(S(N)(=O)=O)cc2)n1.P. The molecule has 1 aromatic heterocycles. The van der Waals surface area contributed by atoms with E-state index in [1.54, 1.807) is 25.1 Å². The highest BCUT2D eigenvalue weighted by atomic mass is 32.2. The molecule has 1 atom stereocenters. The Kier molecular flexibility index (Phi) is 4.57. The fourth-order valence-electron chi connectivity index (χ4n) is 1.59. The first kappa shape index (κ1) is 15.5. The van der Waals surface area contributed by atoms with Gasteiger partial charge in [0.25, 0.3) is 0 Å². The van der Waals surface area contributed by atoms with Crippen molar-refractivity contribution < 1.29 is 13.2 Å². The molecular formula is C11H14N3O3PS. The predicted octanol–water partition coefficient (Wildman–Crippen LogP) is 0.699. The first-order valence-electron chi connectivity index (χ1n) is 5.07. The number of benzene rings is 1. The van der Waals surface area contributed by atoms with Crippen LogP contribution in [0.25, 0.3) is 5.69 Å². The Balaban J connectivity index is 0.00000180. The smallest absolute Gasteiger partial charge is 0.238 e. The topological polar surface area (TPSA) is 95.0 Å². The van der Waals surface area contributed by atoms with Crippen molar-refractivity contribution in [1.82, 2.24) is 9.78 Å². The van der Waals surface area contributed by atoms with Crippen molar-refractivity contribution in [3.8, 4) is 5.69 Å². The van der Waals surface area contributed by atoms with Crippen LogP contribution in [0.4, 0.5) is 0 Å². The number of rotatable bonds is 3. The molecule has 1 aromatic carbocycles. The van der Waals surface area contributed by atoms with E-state index in [-0.39, 0.29) is 14.8 Å². The molecule has 0 aliphatic carbocycles. The molecule has 6 nitrogen and oxygen atoms in total. The maximum Gasteiger partial charge on any atom is 0.238 e. The molecule has 0 aliphatic heterocycles. The number of carbonyl (C=O) groups excluding carboxylic acids is 1. The van der Waals surface area contributed by atoms with Crippen LogP contribution < -0.4 is 5.14 Å². The average molecular weight is 299 g/mol. The molecule has 0 fully saturated rings. The van der Waals surface area contributed by atoms with Crippen molar-refractivity contribution in [2.75, 3.05) is 0 Å². The number of hydrogen-bond donors (Lipinski definition) is 1. The zero-order chi connectivity index (χ0) is 13.3. The van der Waals surface area contributed by atoms with Gasteiger partial charge in [0.1, 0.15) is 5.69 Å². The van der Waals surface area contributed by atoms with E-state index in [4.69, 9.17) is 5.14 Å². The minimum atomic E-state index is -3.71. The monoisotopic (exact) mass is 299 g/mol. The lowest BCUT2D eigenvalue weighted by atomic mass is 10.3. The standard InChI is InChI=1S/C11H11N3O3S.H3P/c1-8-6-10(7-15)14(13-8)9-2-4-11(5-3-9)18(12,16)17;/h2-7H,1H3,(H2,12,16,17);1H3. The van der Waals surface area contributed by atoms with Crippen LogP contribution in [0.2, 0.25) is 0 Å². The Labute approximate surface area is 114 Å². The largest absolute Gasteiger partial charge is 0.296 e. The van der Waals surface area contributed by atoms with Crippen molar-refractivity contribution in [2.45, 2.75) is 11.8 Å². The Morgan fingerprint density at radius 2 is 1.84 bits per heavy atom. The van der Waals surface area contributed by atoms with Crippen molar-refractivity contribution in [3.63, 3.8) is 0 Å². The number of hydrogen-bond acceptors (Lipinski definition) is 4. The van der Waals surface area contributed by atoms with Gasteiger partial charge in [-0.25, -0.2) is 18.2 Å². The molecule has 2 aromatic rings. The summed E-state index contributed by atoms with van der Waals surface area (Å²) in [6, 6.07) is 7.46. The van der Waals surface area contributed by atoms with Gasteiger partial charge in [-0.3, -0.25) is 4.79 Å². The van der Waals surface area contributed by atoms with Crippen LogP contribution in [0.5, 0.6) is 0 Å². The molecule has 2 rings (SSSR count). The molecule has 0 amide bonds. The average Bonchev–Trinajstić information content (AvgIpc) is 2.69. The van der Waals surface area contributed by atoms with E-state index in [0.717, 1.165) is 0 Å². The summed E-state index contributed by atoms with van der Waals surface area (Å²) in [5, 5.41) is 9.15. The fourth-order valence-corrected chi connectivity index (χ4v) is 2.10. The molecular weight excluding hydrogens is 285 g/mol. The molecule has 1 heterocycles. The van der Waals surface area contributed by atoms with Gasteiger partial charge in [-0.2, -0.15) is 15.0 Å². The molecule has 0 spiro atoms. The summed E-state index contributed by atoms with van der Waals surface area (Å²) < 4.78 is 23.7. The van der Waals surface area contributed by atoms with Crippen LogP contribution in [0.15, 0.2) is 35.2 Å². The highest BCUT2D eigenvalue weighted by Crippen LogP contribution is 2.14. The number of aromatic nitrogens is 2. The third kappa shape index (κ3) is 3.26. The van der Waals surface area contributed by atoms with Crippen LogP contribution in [0.1, 0.15) is 16.2 Å². The molecule has 0 saturated heterocycles. The molecule has 0 radical (unpaired) electrons. The molecule has 8 heteroatoms. The number of nitrogens with zero attached hydrogens (tertiary/aromatic N) is 2. The van der Waals surface area contributed by atoms with Gasteiger partial charge in [-0.1, -0.05) is 0 Å². The summed E-state index contributed by atoms with van der Waals surface area (Å²) in [6.07, 6.45) is 0.688. The first-order chi connectivity index (χ1) is 8.41. The quantitative estimate of drug-likeness (QED) is 0.666. The van der Waals surface area contributed by atoms with Crippen molar-refractivity contribution >= 4 is 26.2 Å². The van der Waals surface area contributed by atoms with Gasteiger partial charge in [0.15, 0.2) is 6.29 Å². The van der Waals surface area contributed by atoms with E-state index >= 15 is 0 Å². The van der Waals surface area contributed by atoms with E-state index in [0.29, 0.717) is 23.4 Å². The number of sulfonamides is 1. The highest BCUT2D eigenvalue weighted by Gasteiger charge is 2.10. The van der Waals surface area contributed by atoms with E-state index in [2.05, 4.69) is 5.10 Å². The van der Waals surface area contributed by atoms with Gasteiger partial charge in [-0.05, 0) is 37.3 Å². The summed E-state index contributed by atoms with van der Waals surface area (Å²) in [5.74, 6) is 0. The summed E-state index contributed by atoms with van der Waals surface area (Å²) in [5.41, 5.74) is 1.70. The molecule has 0 bridgehead atoms. The van der Waals surface area contributed by atoms with E-state index in [9.17, 15) is 13.2 Å². The lowest BCUT2D eigenvalue weighted by Gasteiger charge is -2.04. The minimum absolute atomic E-state index is 0. The zero-order valence-electron chi connectivity index (χ0n) is 10.3. The second-order valence-electron chi connectivity index (χ2n) is 3.78. The summed E-state index contributed by atoms with van der Waals surface area (Å²) in [4.78, 5) is 10.9. The fraction of sp³-hybridized carbons (Fsp3) is 0.0909. The molecule has 102 valence electrons. The van der Waals surface area contributed by atoms with Gasteiger partial charge in [0.2, 0.25) is 10.0 Å². The Bertz CT molecular complexity index is 692. The maximum absolute atomic E-state index is 11.1. The summed E-state index contributed by atoms with van der Waals surface area (Å²) in [6.45, 7) is 1.77. The molecule has 1 unspecified atom stereocenters. The molecule has 0 aliphatic rings. The van der Waals surface area contributed by atoms with Gasteiger partial charge in [-0.15, -0.1) is 0 Å². The minimum Gasteiger partial charge on any atom is -0.296 e. The van der Waals surface area contributed by atoms with Crippen molar-refractivity contribution in [3.05, 3.63) is 41.7 Å². The van der Waals surface area contributed by atoms with Crippen LogP contribution in [-0.4, -0.2) is 24.5 Å². The van der Waals surface area contributed by atoms with Gasteiger partial charge >= 0.3 is 0 Å². The number of aryl methyl sites for hydroxylation is 1. The van der Waals surface area contributed by atoms with Gasteiger partial charge < -0.3 is 0 Å². The second-order valence-corrected chi connectivity index (χ2v) is 5.34. The van der Waals surface area contributed by atoms with Crippen LogP contribution in [0.3, 0.4) is 0 Å². The van der Waals surface area contributed by atoms with Crippen molar-refractivity contribution in [1.29, 1.82) is 0 Å². The maximum atomic E-state index is 11.1. The predicted molar refractivity (Wildman–Crippen MR) is 76.2 cm³/mol. The van der Waals surface area contributed by atoms with Crippen molar-refractivity contribution in [2.24, 2.45) is 5.14 Å². The number of primary sulfonamides is 1. The lowest BCUT2D eigenvalue weighted by Crippen LogP contribution is -2.12. The van der Waals surface area contributed by atoms with E-state index < -0.39 is 10.0 Å². The van der Waals surface area contributed by atoms with E-state index in [1.165, 1.54) is 16.8 Å². The normalized spacial score (nSPS) is 10.8. The van der Waals surface area contributed by atoms with Crippen LogP contribution in [0, 0.1) is 6.92 Å². The highest BCUT2D eigenvalue weighted by molar-refractivity contribution is 7.89. The first-order valence-corrected chi connectivity index (χ1v) is 6.61. The Hall–Kier alpha value is -1.56. The molecule has 19 heavy (non-hydrogen) atoms. The summed E-state index contributed by atoms with van der Waals surface area (Å²) in [7, 11) is -3.71. The third-order valence-electron chi connectivity index (χ3n) is 2.39. The lowest BCUT2D eigenvalue weighted by molar-refractivity contribution is 0.111. The number of carbonyl (C=O) groups is 1. The van der Waals surface area contributed by atoms with Gasteiger partial charge in [0.05, 0.1) is 16.3 Å². The zero-order valence-corrected chi connectivity index (χ0v) is 12.5. The molecule has 2 N–H and O–H groups in total. The van der Waals surface area contributed by atoms with Gasteiger partial charge in [0, 0.05) is 0 Å². The summed E-state index contributed by atoms with van der Waals surface area (Å²) >= 11 is 0.